The van der Waals surface area contributed by atoms with Gasteiger partial charge in [0.1, 0.15) is 5.75 Å². The summed E-state index contributed by atoms with van der Waals surface area (Å²) in [4.78, 5) is 4.44. The Morgan fingerprint density at radius 3 is 2.75 bits per heavy atom. The second kappa shape index (κ2) is 4.83. The van der Waals surface area contributed by atoms with Crippen LogP contribution >= 0.6 is 0 Å². The van der Waals surface area contributed by atoms with Gasteiger partial charge in [-0.1, -0.05) is 6.07 Å². The van der Waals surface area contributed by atoms with Crippen LogP contribution in [0, 0.1) is 0 Å². The lowest BCUT2D eigenvalue weighted by Gasteiger charge is -2.38. The van der Waals surface area contributed by atoms with Crippen LogP contribution in [0.25, 0.3) is 0 Å². The molecule has 3 rings (SSSR count). The highest BCUT2D eigenvalue weighted by atomic mass is 32.2. The quantitative estimate of drug-likeness (QED) is 0.829. The van der Waals surface area contributed by atoms with Crippen LogP contribution in [0.1, 0.15) is 24.0 Å². The number of hydrogen-bond donors (Lipinski definition) is 2. The number of hydrogen-bond acceptors (Lipinski definition) is 5. The van der Waals surface area contributed by atoms with Crippen LogP contribution in [0.3, 0.4) is 0 Å². The Bertz CT molecular complexity index is 649. The molecule has 0 atom stereocenters. The fraction of sp³-hybridized carbons (Fsp3) is 0.462. The van der Waals surface area contributed by atoms with Gasteiger partial charge in [0.05, 0.1) is 6.54 Å². The molecule has 0 saturated carbocycles. The zero-order chi connectivity index (χ0) is 14.2. The van der Waals surface area contributed by atoms with E-state index in [0.29, 0.717) is 6.54 Å². The smallest absolute Gasteiger partial charge is 0.371 e. The van der Waals surface area contributed by atoms with Crippen molar-refractivity contribution in [1.29, 1.82) is 0 Å². The highest BCUT2D eigenvalue weighted by Crippen LogP contribution is 2.38. The van der Waals surface area contributed by atoms with Gasteiger partial charge in [-0.25, -0.2) is 0 Å². The monoisotopic (exact) mass is 295 g/mol. The van der Waals surface area contributed by atoms with Gasteiger partial charge in [0, 0.05) is 11.6 Å². The molecule has 3 N–H and O–H groups in total. The van der Waals surface area contributed by atoms with E-state index in [4.69, 9.17) is 9.32 Å². The fourth-order valence-corrected chi connectivity index (χ4v) is 3.40. The first kappa shape index (κ1) is 13.5. The van der Waals surface area contributed by atoms with Gasteiger partial charge in [-0.3, -0.25) is 4.99 Å². The summed E-state index contributed by atoms with van der Waals surface area (Å²) in [6.45, 7) is 2.47. The molecule has 0 aromatic heterocycles. The fourth-order valence-electron chi connectivity index (χ4n) is 3.03. The first-order valence-electron chi connectivity index (χ1n) is 6.56. The second-order valence-corrected chi connectivity index (χ2v) is 6.42. The van der Waals surface area contributed by atoms with Crippen molar-refractivity contribution in [3.05, 3.63) is 29.3 Å². The predicted molar refractivity (Wildman–Crippen MR) is 76.2 cm³/mol. The van der Waals surface area contributed by atoms with Crippen LogP contribution in [0.15, 0.2) is 23.2 Å². The maximum absolute atomic E-state index is 11.0. The van der Waals surface area contributed by atoms with E-state index in [-0.39, 0.29) is 11.2 Å². The third kappa shape index (κ3) is 2.56. The van der Waals surface area contributed by atoms with Crippen LogP contribution < -0.4 is 14.6 Å². The third-order valence-corrected chi connectivity index (χ3v) is 4.35. The van der Waals surface area contributed by atoms with Gasteiger partial charge in [-0.15, -0.1) is 0 Å². The average molecular weight is 295 g/mol. The van der Waals surface area contributed by atoms with E-state index in [1.54, 1.807) is 12.1 Å². The lowest BCUT2D eigenvalue weighted by atomic mass is 9.71. The Kier molecular flexibility index (Phi) is 3.27. The molecular weight excluding hydrogens is 278 g/mol. The van der Waals surface area contributed by atoms with Crippen LogP contribution in [0.2, 0.25) is 0 Å². The Morgan fingerprint density at radius 1 is 1.30 bits per heavy atom. The summed E-state index contributed by atoms with van der Waals surface area (Å²) in [6, 6.07) is 5.32. The number of rotatable bonds is 2. The number of nitrogens with zero attached hydrogens (tertiary/aromatic N) is 1. The SMILES string of the molecule is NS(=O)(=O)Oc1ccc2c(c1)CN=CC21CCNCC1. The van der Waals surface area contributed by atoms with Crippen LogP contribution in [-0.4, -0.2) is 27.7 Å². The molecule has 1 aromatic carbocycles. The van der Waals surface area contributed by atoms with E-state index in [2.05, 4.69) is 16.5 Å². The Hall–Kier alpha value is -1.44. The molecule has 2 heterocycles. The standard InChI is InChI=1S/C13H17N3O3S/c14-20(17,18)19-11-1-2-12-10(7-11)8-16-9-13(12)3-5-15-6-4-13/h1-2,7,9,15H,3-6,8H2,(H2,14,17,18). The highest BCUT2D eigenvalue weighted by Gasteiger charge is 2.35. The summed E-state index contributed by atoms with van der Waals surface area (Å²) in [5.74, 6) is 0.243. The van der Waals surface area contributed by atoms with Gasteiger partial charge in [0.15, 0.2) is 0 Å². The van der Waals surface area contributed by atoms with Crippen LogP contribution in [0.4, 0.5) is 0 Å². The van der Waals surface area contributed by atoms with Crippen LogP contribution in [0.5, 0.6) is 5.75 Å². The molecule has 0 radical (unpaired) electrons. The van der Waals surface area contributed by atoms with E-state index >= 15 is 0 Å². The first-order valence-corrected chi connectivity index (χ1v) is 8.03. The molecule has 0 aliphatic carbocycles. The van der Waals surface area contributed by atoms with E-state index in [1.165, 1.54) is 5.56 Å². The molecule has 0 amide bonds. The molecule has 6 nitrogen and oxygen atoms in total. The van der Waals surface area contributed by atoms with Gasteiger partial charge in [0.2, 0.25) is 0 Å². The summed E-state index contributed by atoms with van der Waals surface area (Å²) in [5, 5.41) is 8.24. The molecular formula is C13H17N3O3S. The molecule has 2 aliphatic rings. The third-order valence-electron chi connectivity index (χ3n) is 3.92. The largest absolute Gasteiger partial charge is 0.380 e. The van der Waals surface area contributed by atoms with Crippen molar-refractivity contribution in [3.63, 3.8) is 0 Å². The number of benzene rings is 1. The zero-order valence-electron chi connectivity index (χ0n) is 11.0. The molecule has 2 aliphatic heterocycles. The molecule has 1 aromatic rings. The molecule has 0 bridgehead atoms. The minimum absolute atomic E-state index is 0.0288. The molecule has 20 heavy (non-hydrogen) atoms. The van der Waals surface area contributed by atoms with Gasteiger partial charge in [-0.05, 0) is 49.2 Å². The summed E-state index contributed by atoms with van der Waals surface area (Å²) in [5.41, 5.74) is 2.20. The maximum atomic E-state index is 11.0. The molecule has 1 saturated heterocycles. The van der Waals surface area contributed by atoms with E-state index in [0.717, 1.165) is 31.5 Å². The first-order chi connectivity index (χ1) is 9.49. The zero-order valence-corrected chi connectivity index (χ0v) is 11.8. The highest BCUT2D eigenvalue weighted by molar-refractivity contribution is 7.84. The van der Waals surface area contributed by atoms with Crippen molar-refractivity contribution in [1.82, 2.24) is 5.32 Å². The lowest BCUT2D eigenvalue weighted by Crippen LogP contribution is -2.42. The van der Waals surface area contributed by atoms with Crippen molar-refractivity contribution in [2.24, 2.45) is 10.1 Å². The number of fused-ring (bicyclic) bond motifs is 2. The molecule has 7 heteroatoms. The van der Waals surface area contributed by atoms with Crippen molar-refractivity contribution in [2.75, 3.05) is 13.1 Å². The van der Waals surface area contributed by atoms with Gasteiger partial charge >= 0.3 is 10.3 Å². The Morgan fingerprint density at radius 2 is 2.05 bits per heavy atom. The lowest BCUT2D eigenvalue weighted by molar-refractivity contribution is 0.396. The van der Waals surface area contributed by atoms with Crippen molar-refractivity contribution >= 4 is 16.5 Å². The Labute approximate surface area is 118 Å². The summed E-state index contributed by atoms with van der Waals surface area (Å²) in [7, 11) is -3.99. The van der Waals surface area contributed by atoms with E-state index in [9.17, 15) is 8.42 Å². The normalized spacial score (nSPS) is 20.6. The minimum atomic E-state index is -3.99. The maximum Gasteiger partial charge on any atom is 0.380 e. The number of aliphatic imine (C=N–C) groups is 1. The average Bonchev–Trinajstić information content (AvgIpc) is 2.38. The number of piperidine rings is 1. The minimum Gasteiger partial charge on any atom is -0.371 e. The van der Waals surface area contributed by atoms with Crippen molar-refractivity contribution in [3.8, 4) is 5.75 Å². The van der Waals surface area contributed by atoms with Crippen molar-refractivity contribution < 1.29 is 12.6 Å². The molecule has 1 fully saturated rings. The molecule has 0 unspecified atom stereocenters. The predicted octanol–water partition coefficient (Wildman–Crippen LogP) is 0.474. The van der Waals surface area contributed by atoms with E-state index < -0.39 is 10.3 Å². The Balaban J connectivity index is 1.97. The molecule has 108 valence electrons. The summed E-state index contributed by atoms with van der Waals surface area (Å²) in [6.07, 6.45) is 4.05. The van der Waals surface area contributed by atoms with E-state index in [1.807, 2.05) is 6.07 Å². The van der Waals surface area contributed by atoms with Crippen LogP contribution in [-0.2, 0) is 22.3 Å². The summed E-state index contributed by atoms with van der Waals surface area (Å²) < 4.78 is 26.7. The summed E-state index contributed by atoms with van der Waals surface area (Å²) >= 11 is 0. The van der Waals surface area contributed by atoms with Gasteiger partial charge in [-0.2, -0.15) is 13.6 Å². The number of nitrogens with one attached hydrogen (secondary N) is 1. The topological polar surface area (TPSA) is 93.8 Å². The number of nitrogens with two attached hydrogens (primary N) is 1. The second-order valence-electron chi connectivity index (χ2n) is 5.27. The molecule has 1 spiro atoms. The van der Waals surface area contributed by atoms with Gasteiger partial charge in [0.25, 0.3) is 0 Å². The van der Waals surface area contributed by atoms with Gasteiger partial charge < -0.3 is 9.50 Å². The van der Waals surface area contributed by atoms with Crippen molar-refractivity contribution in [2.45, 2.75) is 24.8 Å².